The molecule has 5 rings (SSSR count). The summed E-state index contributed by atoms with van der Waals surface area (Å²) in [6.07, 6.45) is 2.65. The van der Waals surface area contributed by atoms with Gasteiger partial charge in [-0.15, -0.1) is 0 Å². The lowest BCUT2D eigenvalue weighted by molar-refractivity contribution is -0.146. The third kappa shape index (κ3) is 4.95. The minimum absolute atomic E-state index is 0.100. The number of morpholine rings is 1. The van der Waals surface area contributed by atoms with Crippen LogP contribution in [0.15, 0.2) is 48.5 Å². The van der Waals surface area contributed by atoms with Crippen molar-refractivity contribution in [3.05, 3.63) is 54.1 Å². The van der Waals surface area contributed by atoms with Crippen LogP contribution in [0.2, 0.25) is 0 Å². The number of benzene rings is 2. The molecule has 2 heterocycles. The second kappa shape index (κ2) is 10.0. The van der Waals surface area contributed by atoms with Crippen LogP contribution in [0.4, 0.5) is 0 Å². The van der Waals surface area contributed by atoms with Crippen molar-refractivity contribution in [3.8, 4) is 11.3 Å². The Balaban J connectivity index is 1.44. The Kier molecular flexibility index (Phi) is 6.71. The molecule has 7 heteroatoms. The van der Waals surface area contributed by atoms with Gasteiger partial charge in [0.15, 0.2) is 0 Å². The van der Waals surface area contributed by atoms with Crippen molar-refractivity contribution >= 4 is 16.8 Å². The number of aryl methyl sites for hydroxylation is 1. The Bertz CT molecular complexity index is 1090. The van der Waals surface area contributed by atoms with Crippen molar-refractivity contribution in [1.82, 2.24) is 20.0 Å². The van der Waals surface area contributed by atoms with Gasteiger partial charge in [-0.25, -0.2) is 0 Å². The normalized spacial score (nSPS) is 18.5. The number of fused-ring (bicyclic) bond motifs is 1. The van der Waals surface area contributed by atoms with Gasteiger partial charge in [0, 0.05) is 56.9 Å². The number of nitrogens with zero attached hydrogens (tertiary/aromatic N) is 3. The molecule has 33 heavy (non-hydrogen) atoms. The van der Waals surface area contributed by atoms with E-state index in [1.807, 2.05) is 23.1 Å². The monoisotopic (exact) mass is 448 g/mol. The van der Waals surface area contributed by atoms with Crippen LogP contribution in [0.5, 0.6) is 0 Å². The second-order valence-electron chi connectivity index (χ2n) is 8.90. The Labute approximate surface area is 194 Å². The molecule has 1 atom stereocenters. The maximum atomic E-state index is 13.2. The number of rotatable bonds is 9. The largest absolute Gasteiger partial charge is 0.385 e. The van der Waals surface area contributed by atoms with E-state index in [1.165, 1.54) is 0 Å². The predicted molar refractivity (Wildman–Crippen MR) is 128 cm³/mol. The standard InChI is InChI=1S/C26H32N4O3/c1-32-14-5-13-30-23-16-19(8-11-22(23)25(28-30)20-6-3-2-4-7-20)18-29(21-9-10-21)26(31)24-17-27-12-15-33-24/h2-4,6-8,11,16,21,24,27H,5,9-10,12-15,17-18H2,1H3/t24-/m1/s1. The van der Waals surface area contributed by atoms with Gasteiger partial charge in [0.2, 0.25) is 0 Å². The summed E-state index contributed by atoms with van der Waals surface area (Å²) in [6.45, 7) is 4.07. The van der Waals surface area contributed by atoms with Gasteiger partial charge in [0.05, 0.1) is 12.1 Å². The Morgan fingerprint density at radius 1 is 1.24 bits per heavy atom. The van der Waals surface area contributed by atoms with Crippen LogP contribution in [0.25, 0.3) is 22.2 Å². The smallest absolute Gasteiger partial charge is 0.253 e. The van der Waals surface area contributed by atoms with Crippen LogP contribution in [0, 0.1) is 0 Å². The molecule has 7 nitrogen and oxygen atoms in total. The van der Waals surface area contributed by atoms with Crippen LogP contribution in [0.3, 0.4) is 0 Å². The predicted octanol–water partition coefficient (Wildman–Crippen LogP) is 3.22. The summed E-state index contributed by atoms with van der Waals surface area (Å²) in [4.78, 5) is 15.2. The van der Waals surface area contributed by atoms with Gasteiger partial charge < -0.3 is 19.7 Å². The number of aromatic nitrogens is 2. The summed E-state index contributed by atoms with van der Waals surface area (Å²) in [7, 11) is 1.73. The summed E-state index contributed by atoms with van der Waals surface area (Å²) in [5.41, 5.74) is 4.32. The van der Waals surface area contributed by atoms with Gasteiger partial charge in [-0.2, -0.15) is 5.10 Å². The maximum absolute atomic E-state index is 13.2. The van der Waals surface area contributed by atoms with E-state index in [2.05, 4.69) is 40.3 Å². The second-order valence-corrected chi connectivity index (χ2v) is 8.90. The van der Waals surface area contributed by atoms with Crippen molar-refractivity contribution in [3.63, 3.8) is 0 Å². The number of hydrogen-bond donors (Lipinski definition) is 1. The molecule has 1 N–H and O–H groups in total. The van der Waals surface area contributed by atoms with Crippen LogP contribution in [0.1, 0.15) is 24.8 Å². The zero-order chi connectivity index (χ0) is 22.6. The van der Waals surface area contributed by atoms with Gasteiger partial charge >= 0.3 is 0 Å². The summed E-state index contributed by atoms with van der Waals surface area (Å²) < 4.78 is 13.1. The molecule has 1 aromatic heterocycles. The molecule has 1 aliphatic heterocycles. The number of methoxy groups -OCH3 is 1. The maximum Gasteiger partial charge on any atom is 0.253 e. The first-order chi connectivity index (χ1) is 16.2. The molecule has 174 valence electrons. The topological polar surface area (TPSA) is 68.6 Å². The molecule has 1 saturated heterocycles. The highest BCUT2D eigenvalue weighted by atomic mass is 16.5. The third-order valence-electron chi connectivity index (χ3n) is 6.41. The first-order valence-electron chi connectivity index (χ1n) is 11.9. The number of ether oxygens (including phenoxy) is 2. The van der Waals surface area contributed by atoms with E-state index in [0.29, 0.717) is 32.3 Å². The van der Waals surface area contributed by atoms with E-state index in [1.54, 1.807) is 7.11 Å². The molecule has 2 fully saturated rings. The van der Waals surface area contributed by atoms with Gasteiger partial charge in [0.1, 0.15) is 11.8 Å². The lowest BCUT2D eigenvalue weighted by atomic mass is 10.1. The lowest BCUT2D eigenvalue weighted by Crippen LogP contribution is -2.49. The molecule has 1 saturated carbocycles. The molecule has 2 aromatic carbocycles. The Hall–Kier alpha value is -2.74. The molecule has 3 aromatic rings. The summed E-state index contributed by atoms with van der Waals surface area (Å²) >= 11 is 0. The first kappa shape index (κ1) is 22.1. The van der Waals surface area contributed by atoms with Crippen LogP contribution in [-0.2, 0) is 27.4 Å². The fourth-order valence-corrected chi connectivity index (χ4v) is 4.54. The zero-order valence-electron chi connectivity index (χ0n) is 19.2. The van der Waals surface area contributed by atoms with E-state index >= 15 is 0 Å². The molecule has 1 amide bonds. The van der Waals surface area contributed by atoms with E-state index in [9.17, 15) is 4.79 Å². The number of carbonyl (C=O) groups is 1. The fourth-order valence-electron chi connectivity index (χ4n) is 4.54. The van der Waals surface area contributed by atoms with Gasteiger partial charge in [0.25, 0.3) is 5.91 Å². The van der Waals surface area contributed by atoms with Crippen molar-refractivity contribution in [2.24, 2.45) is 0 Å². The van der Waals surface area contributed by atoms with Crippen LogP contribution in [-0.4, -0.2) is 66.1 Å². The average molecular weight is 449 g/mol. The Morgan fingerprint density at radius 2 is 2.09 bits per heavy atom. The van der Waals surface area contributed by atoms with E-state index in [4.69, 9.17) is 14.6 Å². The van der Waals surface area contributed by atoms with Gasteiger partial charge in [-0.1, -0.05) is 42.5 Å². The average Bonchev–Trinajstić information content (AvgIpc) is 3.65. The summed E-state index contributed by atoms with van der Waals surface area (Å²) in [5.74, 6) is 0.100. The first-order valence-corrected chi connectivity index (χ1v) is 11.9. The van der Waals surface area contributed by atoms with E-state index < -0.39 is 0 Å². The van der Waals surface area contributed by atoms with Crippen molar-refractivity contribution in [2.45, 2.75) is 44.5 Å². The van der Waals surface area contributed by atoms with Crippen molar-refractivity contribution in [2.75, 3.05) is 33.4 Å². The molecule has 0 radical (unpaired) electrons. The minimum Gasteiger partial charge on any atom is -0.385 e. The fraction of sp³-hybridized carbons (Fsp3) is 0.462. The number of nitrogens with one attached hydrogen (secondary N) is 1. The minimum atomic E-state index is -0.382. The zero-order valence-corrected chi connectivity index (χ0v) is 19.2. The van der Waals surface area contributed by atoms with E-state index in [0.717, 1.165) is 60.1 Å². The van der Waals surface area contributed by atoms with Crippen molar-refractivity contribution in [1.29, 1.82) is 0 Å². The molecule has 1 aliphatic carbocycles. The van der Waals surface area contributed by atoms with Gasteiger partial charge in [-0.3, -0.25) is 9.48 Å². The molecular formula is C26H32N4O3. The molecule has 0 bridgehead atoms. The summed E-state index contributed by atoms with van der Waals surface area (Å²) in [5, 5.41) is 9.36. The van der Waals surface area contributed by atoms with Gasteiger partial charge in [-0.05, 0) is 30.9 Å². The highest BCUT2D eigenvalue weighted by Crippen LogP contribution is 2.32. The molecule has 2 aliphatic rings. The Morgan fingerprint density at radius 3 is 2.82 bits per heavy atom. The molecular weight excluding hydrogens is 416 g/mol. The lowest BCUT2D eigenvalue weighted by Gasteiger charge is -2.30. The van der Waals surface area contributed by atoms with Crippen LogP contribution < -0.4 is 5.32 Å². The highest BCUT2D eigenvalue weighted by molar-refractivity contribution is 5.93. The third-order valence-corrected chi connectivity index (χ3v) is 6.41. The number of carbonyl (C=O) groups excluding carboxylic acids is 1. The van der Waals surface area contributed by atoms with E-state index in [-0.39, 0.29) is 12.0 Å². The number of hydrogen-bond acceptors (Lipinski definition) is 5. The highest BCUT2D eigenvalue weighted by Gasteiger charge is 2.36. The molecule has 0 spiro atoms. The SMILES string of the molecule is COCCCn1nc(-c2ccccc2)c2ccc(CN(C(=O)[C@H]3CNCCO3)C3CC3)cc21. The van der Waals surface area contributed by atoms with Crippen LogP contribution >= 0.6 is 0 Å². The van der Waals surface area contributed by atoms with Crippen molar-refractivity contribution < 1.29 is 14.3 Å². The molecule has 0 unspecified atom stereocenters. The summed E-state index contributed by atoms with van der Waals surface area (Å²) in [6, 6.07) is 17.1. The number of amides is 1. The quantitative estimate of drug-likeness (QED) is 0.509.